The van der Waals surface area contributed by atoms with Gasteiger partial charge < -0.3 is 33.6 Å². The van der Waals surface area contributed by atoms with Gasteiger partial charge in [-0.15, -0.1) is 0 Å². The van der Waals surface area contributed by atoms with Crippen LogP contribution in [0, 0.1) is 5.82 Å². The molecule has 0 bridgehead atoms. The number of anilines is 1. The SMILES string of the molecule is COc1ccc2c(c1)c(C=C1Sc3ccc(F)cc3N1C)nc(-c1ccccc1)[n+]2C.[I-]. The maximum Gasteiger partial charge on any atom is 0.331 e. The predicted molar refractivity (Wildman–Crippen MR) is 124 cm³/mol. The number of nitrogens with zero attached hydrogens (tertiary/aromatic N) is 3. The number of thioether (sulfide) groups is 1. The van der Waals surface area contributed by atoms with E-state index in [-0.39, 0.29) is 29.8 Å². The molecule has 162 valence electrons. The van der Waals surface area contributed by atoms with Gasteiger partial charge in [0.1, 0.15) is 17.1 Å². The van der Waals surface area contributed by atoms with Crippen LogP contribution in [-0.2, 0) is 7.05 Å². The third kappa shape index (κ3) is 3.95. The molecule has 1 aliphatic rings. The van der Waals surface area contributed by atoms with Crippen molar-refractivity contribution in [2.24, 2.45) is 7.05 Å². The number of hydrogen-bond acceptors (Lipinski definition) is 4. The van der Waals surface area contributed by atoms with Crippen LogP contribution in [0.1, 0.15) is 5.69 Å². The van der Waals surface area contributed by atoms with Crippen LogP contribution >= 0.6 is 11.8 Å². The largest absolute Gasteiger partial charge is 1.00 e. The summed E-state index contributed by atoms with van der Waals surface area (Å²) in [5.41, 5.74) is 3.80. The number of hydrogen-bond donors (Lipinski definition) is 0. The van der Waals surface area contributed by atoms with Crippen LogP contribution in [-0.4, -0.2) is 19.1 Å². The number of aryl methyl sites for hydroxylation is 1. The number of methoxy groups -OCH3 is 1. The van der Waals surface area contributed by atoms with Crippen molar-refractivity contribution in [3.8, 4) is 17.1 Å². The fourth-order valence-electron chi connectivity index (χ4n) is 3.84. The minimum atomic E-state index is -0.237. The molecule has 5 rings (SSSR count). The van der Waals surface area contributed by atoms with Gasteiger partial charge in [0.15, 0.2) is 5.69 Å². The number of benzene rings is 3. The fourth-order valence-corrected chi connectivity index (χ4v) is 4.91. The molecule has 0 radical (unpaired) electrons. The summed E-state index contributed by atoms with van der Waals surface area (Å²) in [5.74, 6) is 1.41. The highest BCUT2D eigenvalue weighted by atomic mass is 127. The van der Waals surface area contributed by atoms with Gasteiger partial charge in [-0.3, -0.25) is 0 Å². The Morgan fingerprint density at radius 1 is 1.06 bits per heavy atom. The van der Waals surface area contributed by atoms with E-state index in [0.717, 1.165) is 49.3 Å². The summed E-state index contributed by atoms with van der Waals surface area (Å²) >= 11 is 1.61. The first-order valence-electron chi connectivity index (χ1n) is 9.91. The normalized spacial score (nSPS) is 13.9. The van der Waals surface area contributed by atoms with Crippen molar-refractivity contribution in [3.63, 3.8) is 0 Å². The van der Waals surface area contributed by atoms with Crippen LogP contribution in [0.25, 0.3) is 28.4 Å². The molecule has 7 heteroatoms. The van der Waals surface area contributed by atoms with Gasteiger partial charge in [-0.05, 0) is 53.5 Å². The molecule has 2 heterocycles. The van der Waals surface area contributed by atoms with Gasteiger partial charge in [-0.25, -0.2) is 8.96 Å². The maximum absolute atomic E-state index is 13.8. The Morgan fingerprint density at radius 3 is 2.59 bits per heavy atom. The lowest BCUT2D eigenvalue weighted by Gasteiger charge is -2.13. The molecular weight excluding hydrogens is 536 g/mol. The molecule has 3 aromatic carbocycles. The lowest BCUT2D eigenvalue weighted by Crippen LogP contribution is -3.00. The Hall–Kier alpha value is -2.65. The van der Waals surface area contributed by atoms with Crippen LogP contribution in [0.15, 0.2) is 76.7 Å². The Labute approximate surface area is 207 Å². The van der Waals surface area contributed by atoms with Crippen molar-refractivity contribution in [1.29, 1.82) is 0 Å². The van der Waals surface area contributed by atoms with E-state index in [0.29, 0.717) is 0 Å². The van der Waals surface area contributed by atoms with Crippen LogP contribution in [0.3, 0.4) is 0 Å². The molecule has 0 unspecified atom stereocenters. The molecule has 0 spiro atoms. The van der Waals surface area contributed by atoms with Crippen molar-refractivity contribution in [1.82, 2.24) is 4.98 Å². The number of fused-ring (bicyclic) bond motifs is 2. The van der Waals surface area contributed by atoms with E-state index in [1.165, 1.54) is 6.07 Å². The summed E-state index contributed by atoms with van der Waals surface area (Å²) in [6, 6.07) is 21.1. The topological polar surface area (TPSA) is 29.2 Å². The van der Waals surface area contributed by atoms with Crippen molar-refractivity contribution < 1.29 is 37.7 Å². The van der Waals surface area contributed by atoms with E-state index in [1.807, 2.05) is 55.4 Å². The average Bonchev–Trinajstić information content (AvgIpc) is 3.10. The third-order valence-electron chi connectivity index (χ3n) is 5.50. The fraction of sp³-hybridized carbons (Fsp3) is 0.120. The highest BCUT2D eigenvalue weighted by Crippen LogP contribution is 2.46. The summed E-state index contributed by atoms with van der Waals surface area (Å²) in [4.78, 5) is 8.08. The second kappa shape index (κ2) is 9.07. The quantitative estimate of drug-likeness (QED) is 0.286. The minimum Gasteiger partial charge on any atom is -1.00 e. The zero-order valence-electron chi connectivity index (χ0n) is 17.8. The van der Waals surface area contributed by atoms with Gasteiger partial charge in [0, 0.05) is 18.0 Å². The molecule has 0 amide bonds. The Balaban J connectivity index is 0.00000245. The van der Waals surface area contributed by atoms with Gasteiger partial charge in [-0.1, -0.05) is 30.0 Å². The Bertz CT molecular complexity index is 1340. The van der Waals surface area contributed by atoms with E-state index in [1.54, 1.807) is 24.9 Å². The van der Waals surface area contributed by atoms with E-state index < -0.39 is 0 Å². The number of ether oxygens (including phenoxy) is 1. The Morgan fingerprint density at radius 2 is 1.84 bits per heavy atom. The van der Waals surface area contributed by atoms with Crippen LogP contribution in [0.4, 0.5) is 10.1 Å². The van der Waals surface area contributed by atoms with Crippen molar-refractivity contribution >= 4 is 34.4 Å². The smallest absolute Gasteiger partial charge is 0.331 e. The molecule has 0 N–H and O–H groups in total. The van der Waals surface area contributed by atoms with Crippen molar-refractivity contribution in [2.75, 3.05) is 19.1 Å². The van der Waals surface area contributed by atoms with Crippen LogP contribution in [0.5, 0.6) is 5.75 Å². The molecule has 32 heavy (non-hydrogen) atoms. The van der Waals surface area contributed by atoms with Crippen LogP contribution in [0.2, 0.25) is 0 Å². The summed E-state index contributed by atoms with van der Waals surface area (Å²) in [6.07, 6.45) is 2.07. The summed E-state index contributed by atoms with van der Waals surface area (Å²) in [6.45, 7) is 0. The van der Waals surface area contributed by atoms with Crippen molar-refractivity contribution in [2.45, 2.75) is 4.90 Å². The first-order chi connectivity index (χ1) is 15.0. The molecule has 0 atom stereocenters. The predicted octanol–water partition coefficient (Wildman–Crippen LogP) is 2.42. The summed E-state index contributed by atoms with van der Waals surface area (Å²) in [5, 5.41) is 1.98. The second-order valence-corrected chi connectivity index (χ2v) is 8.45. The first kappa shape index (κ1) is 22.5. The lowest BCUT2D eigenvalue weighted by atomic mass is 10.1. The zero-order chi connectivity index (χ0) is 21.5. The molecule has 0 aliphatic carbocycles. The molecule has 0 saturated carbocycles. The monoisotopic (exact) mass is 557 g/mol. The van der Waals surface area contributed by atoms with Crippen LogP contribution < -0.4 is 38.2 Å². The van der Waals surface area contributed by atoms with Gasteiger partial charge in [0.25, 0.3) is 0 Å². The molecule has 1 aliphatic heterocycles. The molecule has 0 fully saturated rings. The van der Waals surface area contributed by atoms with Gasteiger partial charge >= 0.3 is 5.82 Å². The lowest BCUT2D eigenvalue weighted by molar-refractivity contribution is -0.636. The molecule has 4 nitrogen and oxygen atoms in total. The Kier molecular flexibility index (Phi) is 6.39. The molecular formula is C25H21FIN3OS. The third-order valence-corrected chi connectivity index (χ3v) is 6.67. The highest BCUT2D eigenvalue weighted by Gasteiger charge is 2.26. The standard InChI is InChI=1S/C25H21FN3OS.HI/c1-28-22-13-17(26)9-12-23(22)31-24(28)15-20-19-14-18(30-3)10-11-21(19)29(2)25(27-20)16-7-5-4-6-8-16;/h4-15H,1-3H3;1H/q+1;/p-1. The average molecular weight is 557 g/mol. The maximum atomic E-state index is 13.8. The minimum absolute atomic E-state index is 0. The van der Waals surface area contributed by atoms with E-state index in [2.05, 4.69) is 28.8 Å². The number of rotatable bonds is 3. The molecule has 1 aromatic heterocycles. The number of aromatic nitrogens is 2. The van der Waals surface area contributed by atoms with Crippen molar-refractivity contribution in [3.05, 3.63) is 83.3 Å². The molecule has 0 saturated heterocycles. The molecule has 4 aromatic rings. The van der Waals surface area contributed by atoms with E-state index >= 15 is 0 Å². The van der Waals surface area contributed by atoms with Gasteiger partial charge in [0.2, 0.25) is 0 Å². The van der Waals surface area contributed by atoms with Gasteiger partial charge in [0.05, 0.1) is 35.8 Å². The van der Waals surface area contributed by atoms with E-state index in [4.69, 9.17) is 9.72 Å². The summed E-state index contributed by atoms with van der Waals surface area (Å²) in [7, 11) is 5.64. The van der Waals surface area contributed by atoms with E-state index in [9.17, 15) is 4.39 Å². The van der Waals surface area contributed by atoms with Gasteiger partial charge in [-0.2, -0.15) is 0 Å². The highest BCUT2D eigenvalue weighted by molar-refractivity contribution is 8.03. The first-order valence-corrected chi connectivity index (χ1v) is 10.7. The second-order valence-electron chi connectivity index (χ2n) is 7.38. The summed E-state index contributed by atoms with van der Waals surface area (Å²) < 4.78 is 21.4. The zero-order valence-corrected chi connectivity index (χ0v) is 20.8. The number of halogens is 2.